The van der Waals surface area contributed by atoms with Crippen molar-refractivity contribution in [2.45, 2.75) is 78.2 Å². The first-order chi connectivity index (χ1) is 15.2. The smallest absolute Gasteiger partial charge is 0.338 e. The lowest BCUT2D eigenvalue weighted by Gasteiger charge is -2.58. The lowest BCUT2D eigenvalue weighted by Crippen LogP contribution is -2.51. The molecule has 0 amide bonds. The van der Waals surface area contributed by atoms with Crippen molar-refractivity contribution in [2.75, 3.05) is 0 Å². The number of benzene rings is 1. The molecule has 3 nitrogen and oxygen atoms in total. The van der Waals surface area contributed by atoms with Gasteiger partial charge in [0, 0.05) is 15.9 Å². The van der Waals surface area contributed by atoms with E-state index in [0.717, 1.165) is 35.7 Å². The van der Waals surface area contributed by atoms with E-state index in [1.54, 1.807) is 0 Å². The number of ketones is 1. The van der Waals surface area contributed by atoms with Crippen LogP contribution in [-0.4, -0.2) is 17.9 Å². The van der Waals surface area contributed by atoms with E-state index in [-0.39, 0.29) is 28.8 Å². The van der Waals surface area contributed by atoms with E-state index in [1.807, 2.05) is 31.2 Å². The van der Waals surface area contributed by atoms with Crippen LogP contribution in [-0.2, 0) is 9.53 Å². The SMILES string of the molecule is CC(=O)[C@H]1CC[C@H]2[C@@H]3CC=C4C[C@H](OC(=O)c5cccc(I)c5)CC[C@]4(C)[C@H]3CC[C@]12C. The number of Topliss-reactive ketones (excluding diaryl/α,β-unsaturated/α-hetero) is 1. The summed E-state index contributed by atoms with van der Waals surface area (Å²) in [4.78, 5) is 25.1. The van der Waals surface area contributed by atoms with Gasteiger partial charge < -0.3 is 4.74 Å². The van der Waals surface area contributed by atoms with Crippen LogP contribution in [0.5, 0.6) is 0 Å². The summed E-state index contributed by atoms with van der Waals surface area (Å²) in [6, 6.07) is 7.65. The summed E-state index contributed by atoms with van der Waals surface area (Å²) in [5.74, 6) is 2.57. The van der Waals surface area contributed by atoms with Crippen LogP contribution >= 0.6 is 22.6 Å². The Kier molecular flexibility index (Phi) is 5.83. The number of hydrogen-bond donors (Lipinski definition) is 0. The average Bonchev–Trinajstić information content (AvgIpc) is 3.11. The molecule has 7 atom stereocenters. The van der Waals surface area contributed by atoms with Crippen LogP contribution < -0.4 is 0 Å². The third kappa shape index (κ3) is 3.59. The predicted molar refractivity (Wildman–Crippen MR) is 134 cm³/mol. The Balaban J connectivity index is 1.32. The van der Waals surface area contributed by atoms with Crippen molar-refractivity contribution in [2.24, 2.45) is 34.5 Å². The molecule has 0 heterocycles. The largest absolute Gasteiger partial charge is 0.458 e. The molecule has 0 aliphatic heterocycles. The van der Waals surface area contributed by atoms with E-state index in [9.17, 15) is 9.59 Å². The molecule has 3 saturated carbocycles. The Hall–Kier alpha value is -1.17. The number of carbonyl (C=O) groups is 2. The zero-order chi connectivity index (χ0) is 22.7. The van der Waals surface area contributed by atoms with E-state index in [0.29, 0.717) is 29.1 Å². The fourth-order valence-corrected chi connectivity index (χ4v) is 8.77. The number of ether oxygens (including phenoxy) is 1. The number of hydrogen-bond acceptors (Lipinski definition) is 3. The fourth-order valence-electron chi connectivity index (χ4n) is 8.23. The second-order valence-electron chi connectivity index (χ2n) is 11.3. The zero-order valence-electron chi connectivity index (χ0n) is 19.5. The molecule has 4 aliphatic rings. The normalized spacial score (nSPS) is 40.5. The van der Waals surface area contributed by atoms with Crippen molar-refractivity contribution < 1.29 is 14.3 Å². The number of halogens is 1. The van der Waals surface area contributed by atoms with Gasteiger partial charge in [-0.2, -0.15) is 0 Å². The summed E-state index contributed by atoms with van der Waals surface area (Å²) in [6.07, 6.45) is 11.3. The maximum atomic E-state index is 12.7. The number of fused-ring (bicyclic) bond motifs is 5. The molecule has 3 fully saturated rings. The van der Waals surface area contributed by atoms with E-state index in [2.05, 4.69) is 42.5 Å². The van der Waals surface area contributed by atoms with Gasteiger partial charge in [0.05, 0.1) is 5.56 Å². The molecule has 1 aromatic rings. The minimum atomic E-state index is -0.193. The quantitative estimate of drug-likeness (QED) is 0.233. The topological polar surface area (TPSA) is 43.4 Å². The lowest BCUT2D eigenvalue weighted by atomic mass is 9.47. The van der Waals surface area contributed by atoms with Crippen molar-refractivity contribution in [1.29, 1.82) is 0 Å². The van der Waals surface area contributed by atoms with Crippen molar-refractivity contribution >= 4 is 34.3 Å². The summed E-state index contributed by atoms with van der Waals surface area (Å²) < 4.78 is 7.02. The molecule has 4 heteroatoms. The summed E-state index contributed by atoms with van der Waals surface area (Å²) in [6.45, 7) is 6.70. The molecule has 172 valence electrons. The van der Waals surface area contributed by atoms with Crippen LogP contribution in [0.3, 0.4) is 0 Å². The van der Waals surface area contributed by atoms with Crippen LogP contribution in [0.4, 0.5) is 0 Å². The highest BCUT2D eigenvalue weighted by molar-refractivity contribution is 14.1. The number of rotatable bonds is 3. The molecule has 5 rings (SSSR count). The Morgan fingerprint density at radius 2 is 1.88 bits per heavy atom. The number of esters is 1. The molecule has 0 aromatic heterocycles. The Morgan fingerprint density at radius 1 is 1.06 bits per heavy atom. The highest BCUT2D eigenvalue weighted by atomic mass is 127. The van der Waals surface area contributed by atoms with Gasteiger partial charge in [-0.05, 0) is 121 Å². The van der Waals surface area contributed by atoms with Gasteiger partial charge in [-0.1, -0.05) is 31.6 Å². The van der Waals surface area contributed by atoms with Gasteiger partial charge in [0.15, 0.2) is 0 Å². The second kappa shape index (κ2) is 8.25. The molecule has 32 heavy (non-hydrogen) atoms. The first-order valence-electron chi connectivity index (χ1n) is 12.4. The van der Waals surface area contributed by atoms with Crippen molar-refractivity contribution in [3.63, 3.8) is 0 Å². The molecule has 0 radical (unpaired) electrons. The summed E-state index contributed by atoms with van der Waals surface area (Å²) in [7, 11) is 0. The third-order valence-corrected chi connectivity index (χ3v) is 10.6. The molecule has 0 spiro atoms. The van der Waals surface area contributed by atoms with Crippen LogP contribution in [0.25, 0.3) is 0 Å². The minimum absolute atomic E-state index is 0.0151. The van der Waals surface area contributed by atoms with E-state index >= 15 is 0 Å². The molecule has 0 N–H and O–H groups in total. The third-order valence-electron chi connectivity index (χ3n) is 9.88. The lowest BCUT2D eigenvalue weighted by molar-refractivity contribution is -0.127. The van der Waals surface area contributed by atoms with Crippen LogP contribution in [0.15, 0.2) is 35.9 Å². The average molecular weight is 546 g/mol. The molecular formula is C28H35IO3. The first-order valence-corrected chi connectivity index (χ1v) is 13.5. The number of carbonyl (C=O) groups excluding carboxylic acids is 2. The summed E-state index contributed by atoms with van der Waals surface area (Å²) >= 11 is 2.23. The Morgan fingerprint density at radius 3 is 2.62 bits per heavy atom. The van der Waals surface area contributed by atoms with Gasteiger partial charge in [-0.25, -0.2) is 4.79 Å². The van der Waals surface area contributed by atoms with E-state index in [1.165, 1.54) is 24.8 Å². The monoisotopic (exact) mass is 546 g/mol. The maximum absolute atomic E-state index is 12.7. The minimum Gasteiger partial charge on any atom is -0.458 e. The molecule has 1 aromatic carbocycles. The highest BCUT2D eigenvalue weighted by Crippen LogP contribution is 2.66. The zero-order valence-corrected chi connectivity index (χ0v) is 21.7. The van der Waals surface area contributed by atoms with Gasteiger partial charge in [-0.15, -0.1) is 0 Å². The van der Waals surface area contributed by atoms with Gasteiger partial charge in [0.1, 0.15) is 11.9 Å². The van der Waals surface area contributed by atoms with E-state index in [4.69, 9.17) is 4.74 Å². The van der Waals surface area contributed by atoms with Crippen LogP contribution in [0.1, 0.15) is 82.5 Å². The number of allylic oxidation sites excluding steroid dienone is 1. The second-order valence-corrected chi connectivity index (χ2v) is 12.6. The van der Waals surface area contributed by atoms with Gasteiger partial charge in [0.25, 0.3) is 0 Å². The van der Waals surface area contributed by atoms with Crippen LogP contribution in [0.2, 0.25) is 0 Å². The molecule has 4 aliphatic carbocycles. The Bertz CT molecular complexity index is 967. The van der Waals surface area contributed by atoms with Crippen molar-refractivity contribution in [3.8, 4) is 0 Å². The van der Waals surface area contributed by atoms with Crippen molar-refractivity contribution in [3.05, 3.63) is 45.0 Å². The summed E-state index contributed by atoms with van der Waals surface area (Å²) in [5, 5.41) is 0. The predicted octanol–water partition coefficient (Wildman–Crippen LogP) is 6.98. The summed E-state index contributed by atoms with van der Waals surface area (Å²) in [5.41, 5.74) is 2.60. The molecule has 0 saturated heterocycles. The molecular weight excluding hydrogens is 511 g/mol. The first kappa shape index (κ1) is 22.6. The van der Waals surface area contributed by atoms with Gasteiger partial charge >= 0.3 is 5.97 Å². The molecule has 0 bridgehead atoms. The fraction of sp³-hybridized carbons (Fsp3) is 0.643. The van der Waals surface area contributed by atoms with E-state index < -0.39 is 0 Å². The van der Waals surface area contributed by atoms with Crippen molar-refractivity contribution in [1.82, 2.24) is 0 Å². The Labute approximate surface area is 205 Å². The highest BCUT2D eigenvalue weighted by Gasteiger charge is 2.59. The van der Waals surface area contributed by atoms with Gasteiger partial charge in [-0.3, -0.25) is 4.79 Å². The standard InChI is InChI=1S/C28H35IO3/c1-17(30)23-9-10-24-22-8-7-19-16-21(32-26(31)18-5-4-6-20(29)15-18)11-13-27(19,2)25(22)12-14-28(23,24)3/h4-7,15,21-25H,8-14,16H2,1-3H3/t21-,22+,23-,24+,25+,27+,28-/m1/s1. The van der Waals surface area contributed by atoms with Crippen LogP contribution in [0, 0.1) is 38.1 Å². The molecule has 0 unspecified atom stereocenters. The van der Waals surface area contributed by atoms with Gasteiger partial charge in [0.2, 0.25) is 0 Å². The maximum Gasteiger partial charge on any atom is 0.338 e.